The highest BCUT2D eigenvalue weighted by atomic mass is 32.2. The minimum atomic E-state index is -3.70. The first-order valence-corrected chi connectivity index (χ1v) is 7.42. The molecule has 1 aromatic rings. The van der Waals surface area contributed by atoms with E-state index in [-0.39, 0.29) is 24.1 Å². The Morgan fingerprint density at radius 1 is 1.53 bits per heavy atom. The zero-order valence-electron chi connectivity index (χ0n) is 11.1. The van der Waals surface area contributed by atoms with Crippen LogP contribution in [0.2, 0.25) is 0 Å². The summed E-state index contributed by atoms with van der Waals surface area (Å²) >= 11 is 0. The molecule has 0 aliphatic heterocycles. The summed E-state index contributed by atoms with van der Waals surface area (Å²) in [5.41, 5.74) is 2.65. The Morgan fingerprint density at radius 2 is 2.21 bits per heavy atom. The molecule has 108 valence electrons. The molecule has 0 unspecified atom stereocenters. The number of sulfonamides is 1. The van der Waals surface area contributed by atoms with Gasteiger partial charge in [-0.25, -0.2) is 8.42 Å². The fourth-order valence-corrected chi connectivity index (χ4v) is 3.49. The third-order valence-corrected chi connectivity index (χ3v) is 4.74. The van der Waals surface area contributed by atoms with E-state index in [1.807, 2.05) is 0 Å². The summed E-state index contributed by atoms with van der Waals surface area (Å²) in [6.45, 7) is 3.74. The number of rotatable bonds is 7. The van der Waals surface area contributed by atoms with Crippen LogP contribution in [0.5, 0.6) is 0 Å². The molecule has 0 saturated heterocycles. The Kier molecular flexibility index (Phi) is 5.67. The molecule has 0 bridgehead atoms. The number of anilines is 1. The van der Waals surface area contributed by atoms with Gasteiger partial charge in [-0.15, -0.1) is 0 Å². The van der Waals surface area contributed by atoms with Crippen LogP contribution in [0, 0.1) is 0 Å². The first kappa shape index (κ1) is 15.8. The van der Waals surface area contributed by atoms with Crippen LogP contribution in [0.3, 0.4) is 0 Å². The van der Waals surface area contributed by atoms with Crippen LogP contribution in [0.1, 0.15) is 20.3 Å². The van der Waals surface area contributed by atoms with Crippen molar-refractivity contribution in [3.8, 4) is 0 Å². The summed E-state index contributed by atoms with van der Waals surface area (Å²) in [6, 6.07) is 1.28. The number of nitrogen functional groups attached to an aromatic ring is 1. The average Bonchev–Trinajstić information content (AvgIpc) is 2.38. The van der Waals surface area contributed by atoms with Crippen molar-refractivity contribution < 1.29 is 13.5 Å². The summed E-state index contributed by atoms with van der Waals surface area (Å²) < 4.78 is 26.5. The van der Waals surface area contributed by atoms with Crippen molar-refractivity contribution in [1.82, 2.24) is 9.29 Å². The van der Waals surface area contributed by atoms with Crippen LogP contribution in [0.15, 0.2) is 23.4 Å². The van der Waals surface area contributed by atoms with Gasteiger partial charge < -0.3 is 10.5 Å². The predicted molar refractivity (Wildman–Crippen MR) is 72.8 cm³/mol. The Hall–Kier alpha value is -1.22. The van der Waals surface area contributed by atoms with Crippen LogP contribution in [0.25, 0.3) is 0 Å². The molecule has 0 spiro atoms. The molecule has 0 aliphatic rings. The lowest BCUT2D eigenvalue weighted by molar-refractivity contribution is 0.258. The lowest BCUT2D eigenvalue weighted by Crippen LogP contribution is -2.38. The minimum absolute atomic E-state index is 0.0316. The monoisotopic (exact) mass is 288 g/mol. The third-order valence-electron chi connectivity index (χ3n) is 2.64. The molecule has 0 saturated carbocycles. The van der Waals surface area contributed by atoms with Gasteiger partial charge in [-0.1, -0.05) is 0 Å². The van der Waals surface area contributed by atoms with E-state index < -0.39 is 10.0 Å². The highest BCUT2D eigenvalue weighted by molar-refractivity contribution is 7.89. The normalized spacial score (nSPS) is 12.1. The molecule has 0 radical (unpaired) electrons. The van der Waals surface area contributed by atoms with E-state index in [9.17, 15) is 8.42 Å². The zero-order valence-corrected chi connectivity index (χ0v) is 11.9. The third kappa shape index (κ3) is 3.63. The average molecular weight is 288 g/mol. The van der Waals surface area contributed by atoms with E-state index in [0.29, 0.717) is 12.1 Å². The Bertz CT molecular complexity index is 504. The number of hydrogen-bond donors (Lipinski definition) is 3. The number of nitrogens with one attached hydrogen (secondary N) is 1. The number of nitrogens with two attached hydrogens (primary N) is 1. The molecular weight excluding hydrogens is 268 g/mol. The molecule has 4 N–H and O–H groups in total. The number of pyridine rings is 1. The van der Waals surface area contributed by atoms with Crippen molar-refractivity contribution in [3.63, 3.8) is 0 Å². The fraction of sp³-hybridized carbons (Fsp3) is 0.545. The second kappa shape index (κ2) is 6.80. The maximum atomic E-state index is 12.6. The lowest BCUT2D eigenvalue weighted by atomic mass is 10.3. The van der Waals surface area contributed by atoms with Crippen molar-refractivity contribution in [1.29, 1.82) is 0 Å². The summed E-state index contributed by atoms with van der Waals surface area (Å²) in [7, 11) is -3.70. The van der Waals surface area contributed by atoms with Crippen molar-refractivity contribution in [2.24, 2.45) is 5.84 Å². The van der Waals surface area contributed by atoms with E-state index in [2.05, 4.69) is 10.4 Å². The second-order valence-corrected chi connectivity index (χ2v) is 6.16. The Labute approximate surface area is 113 Å². The van der Waals surface area contributed by atoms with E-state index in [4.69, 9.17) is 10.9 Å². The van der Waals surface area contributed by atoms with Gasteiger partial charge in [-0.05, 0) is 26.3 Å². The highest BCUT2D eigenvalue weighted by Crippen LogP contribution is 2.24. The SMILES string of the molecule is CC(C)N(CCCO)S(=O)(=O)c1cnccc1NN. The van der Waals surface area contributed by atoms with Crippen molar-refractivity contribution in [2.45, 2.75) is 31.2 Å². The molecular formula is C11H20N4O3S. The van der Waals surface area contributed by atoms with Gasteiger partial charge in [-0.3, -0.25) is 10.8 Å². The number of nitrogens with zero attached hydrogens (tertiary/aromatic N) is 2. The molecule has 0 aliphatic carbocycles. The number of aliphatic hydroxyl groups excluding tert-OH is 1. The highest BCUT2D eigenvalue weighted by Gasteiger charge is 2.28. The Morgan fingerprint density at radius 3 is 2.74 bits per heavy atom. The van der Waals surface area contributed by atoms with E-state index in [1.54, 1.807) is 13.8 Å². The van der Waals surface area contributed by atoms with Gasteiger partial charge >= 0.3 is 0 Å². The van der Waals surface area contributed by atoms with E-state index in [0.717, 1.165) is 0 Å². The summed E-state index contributed by atoms with van der Waals surface area (Å²) in [4.78, 5) is 3.86. The first-order valence-electron chi connectivity index (χ1n) is 5.98. The van der Waals surface area contributed by atoms with Gasteiger partial charge in [-0.2, -0.15) is 4.31 Å². The number of aromatic nitrogens is 1. The van der Waals surface area contributed by atoms with Crippen molar-refractivity contribution >= 4 is 15.7 Å². The van der Waals surface area contributed by atoms with E-state index in [1.165, 1.54) is 22.8 Å². The topological polar surface area (TPSA) is 109 Å². The second-order valence-electron chi connectivity index (χ2n) is 4.30. The zero-order chi connectivity index (χ0) is 14.5. The maximum absolute atomic E-state index is 12.6. The van der Waals surface area contributed by atoms with Gasteiger partial charge in [0.2, 0.25) is 10.0 Å². The van der Waals surface area contributed by atoms with Gasteiger partial charge in [0.15, 0.2) is 0 Å². The quantitative estimate of drug-likeness (QED) is 0.487. The number of hydrogen-bond acceptors (Lipinski definition) is 6. The van der Waals surface area contributed by atoms with Crippen molar-refractivity contribution in [3.05, 3.63) is 18.5 Å². The summed E-state index contributed by atoms with van der Waals surface area (Å²) in [5.74, 6) is 5.32. The largest absolute Gasteiger partial charge is 0.396 e. The number of aliphatic hydroxyl groups is 1. The van der Waals surface area contributed by atoms with Gasteiger partial charge in [0.1, 0.15) is 4.90 Å². The van der Waals surface area contributed by atoms with Crippen LogP contribution >= 0.6 is 0 Å². The molecule has 0 fully saturated rings. The smallest absolute Gasteiger partial charge is 0.246 e. The molecule has 0 amide bonds. The maximum Gasteiger partial charge on any atom is 0.246 e. The molecule has 19 heavy (non-hydrogen) atoms. The lowest BCUT2D eigenvalue weighted by Gasteiger charge is -2.26. The standard InChI is InChI=1S/C11H20N4O3S/c1-9(2)15(6-3-7-16)19(17,18)11-8-13-5-4-10(11)14-12/h4-5,8-9,16H,3,6-7,12H2,1-2H3,(H,13,14). The number of hydrazine groups is 1. The summed E-state index contributed by atoms with van der Waals surface area (Å²) in [5, 5.41) is 8.87. The molecule has 1 heterocycles. The van der Waals surface area contributed by atoms with Crippen LogP contribution in [-0.2, 0) is 10.0 Å². The molecule has 1 rings (SSSR count). The van der Waals surface area contributed by atoms with Crippen molar-refractivity contribution in [2.75, 3.05) is 18.6 Å². The van der Waals surface area contributed by atoms with Crippen LogP contribution in [-0.4, -0.2) is 42.0 Å². The molecule has 1 aromatic heterocycles. The predicted octanol–water partition coefficient (Wildman–Crippen LogP) is 0.149. The van der Waals surface area contributed by atoms with Gasteiger partial charge in [0.25, 0.3) is 0 Å². The molecule has 7 nitrogen and oxygen atoms in total. The van der Waals surface area contributed by atoms with Crippen LogP contribution in [0.4, 0.5) is 5.69 Å². The van der Waals surface area contributed by atoms with Gasteiger partial charge in [0.05, 0.1) is 5.69 Å². The molecule has 8 heteroatoms. The fourth-order valence-electron chi connectivity index (χ4n) is 1.71. The van der Waals surface area contributed by atoms with Crippen LogP contribution < -0.4 is 11.3 Å². The molecule has 0 aromatic carbocycles. The van der Waals surface area contributed by atoms with Gasteiger partial charge in [0, 0.05) is 31.6 Å². The first-order chi connectivity index (χ1) is 8.95. The Balaban J connectivity index is 3.19. The molecule has 0 atom stereocenters. The minimum Gasteiger partial charge on any atom is -0.396 e. The summed E-state index contributed by atoms with van der Waals surface area (Å²) in [6.07, 6.45) is 3.10. The van der Waals surface area contributed by atoms with E-state index >= 15 is 0 Å².